The van der Waals surface area contributed by atoms with E-state index in [1.807, 2.05) is 0 Å². The lowest BCUT2D eigenvalue weighted by molar-refractivity contribution is -0.253. The molecule has 130 valence electrons. The monoisotopic (exact) mass is 332 g/mol. The molecule has 0 radical (unpaired) electrons. The minimum Gasteiger partial charge on any atom is -0.394 e. The van der Waals surface area contributed by atoms with Crippen LogP contribution in [0.1, 0.15) is 6.92 Å². The molecule has 4 N–H and O–H groups in total. The molecule has 2 heterocycles. The van der Waals surface area contributed by atoms with Gasteiger partial charge in [0.2, 0.25) is 11.8 Å². The van der Waals surface area contributed by atoms with Crippen molar-refractivity contribution in [3.8, 4) is 0 Å². The first-order valence-electron chi connectivity index (χ1n) is 6.99. The number of barbiturate groups is 1. The van der Waals surface area contributed by atoms with Crippen LogP contribution in [0.5, 0.6) is 0 Å². The molecule has 2 fully saturated rings. The number of rotatable bonds is 2. The molecule has 2 saturated heterocycles. The van der Waals surface area contributed by atoms with E-state index >= 15 is 0 Å². The quantitative estimate of drug-likeness (QED) is 0.388. The first-order chi connectivity index (χ1) is 10.6. The number of aliphatic hydroxyl groups is 4. The Morgan fingerprint density at radius 2 is 1.48 bits per heavy atom. The van der Waals surface area contributed by atoms with Gasteiger partial charge in [-0.2, -0.15) is 0 Å². The van der Waals surface area contributed by atoms with Crippen molar-refractivity contribution in [2.75, 3.05) is 20.7 Å². The molecule has 2 aliphatic heterocycles. The Labute approximate surface area is 131 Å². The Kier molecular flexibility index (Phi) is 4.48. The van der Waals surface area contributed by atoms with Gasteiger partial charge in [-0.1, -0.05) is 0 Å². The van der Waals surface area contributed by atoms with Gasteiger partial charge in [-0.05, 0) is 6.92 Å². The normalized spacial score (nSPS) is 38.2. The van der Waals surface area contributed by atoms with Crippen LogP contribution in [0.25, 0.3) is 0 Å². The van der Waals surface area contributed by atoms with Gasteiger partial charge in [0.05, 0.1) is 6.61 Å². The standard InChI is InChI=1S/C13H20N2O8/c1-13(10(20)14(2)12(22)15(3)11(13)21)9-8(19)7(18)6(17)5(4-16)23-9/h5-9,16-19H,4H2,1-3H3/t5-,6-,7+,8-,9?/m1/s1. The summed E-state index contributed by atoms with van der Waals surface area (Å²) in [6, 6.07) is -0.831. The molecule has 2 aliphatic rings. The van der Waals surface area contributed by atoms with Gasteiger partial charge in [-0.3, -0.25) is 19.4 Å². The Morgan fingerprint density at radius 1 is 1.00 bits per heavy atom. The second-order valence-electron chi connectivity index (χ2n) is 5.96. The van der Waals surface area contributed by atoms with E-state index in [0.717, 1.165) is 0 Å². The minimum atomic E-state index is -1.99. The Bertz CT molecular complexity index is 512. The fourth-order valence-corrected chi connectivity index (χ4v) is 3.01. The van der Waals surface area contributed by atoms with Crippen molar-refractivity contribution in [1.29, 1.82) is 0 Å². The molecular formula is C13H20N2O8. The first-order valence-corrected chi connectivity index (χ1v) is 6.99. The molecule has 2 rings (SSSR count). The van der Waals surface area contributed by atoms with E-state index in [9.17, 15) is 34.8 Å². The number of imide groups is 2. The fraction of sp³-hybridized carbons (Fsp3) is 0.769. The van der Waals surface area contributed by atoms with E-state index in [1.165, 1.54) is 21.0 Å². The van der Waals surface area contributed by atoms with Gasteiger partial charge in [0.1, 0.15) is 30.5 Å². The number of ether oxygens (including phenoxy) is 1. The van der Waals surface area contributed by atoms with Gasteiger partial charge in [0.15, 0.2) is 5.41 Å². The number of aliphatic hydroxyl groups excluding tert-OH is 4. The summed E-state index contributed by atoms with van der Waals surface area (Å²) in [5, 5.41) is 39.0. The summed E-state index contributed by atoms with van der Waals surface area (Å²) in [6.07, 6.45) is -7.90. The van der Waals surface area contributed by atoms with Crippen molar-refractivity contribution in [1.82, 2.24) is 9.80 Å². The second kappa shape index (κ2) is 5.80. The van der Waals surface area contributed by atoms with Crippen LogP contribution in [0.3, 0.4) is 0 Å². The van der Waals surface area contributed by atoms with Gasteiger partial charge >= 0.3 is 6.03 Å². The highest BCUT2D eigenvalue weighted by molar-refractivity contribution is 6.19. The average molecular weight is 332 g/mol. The van der Waals surface area contributed by atoms with Gasteiger partial charge in [0, 0.05) is 14.1 Å². The number of amides is 4. The van der Waals surface area contributed by atoms with Crippen LogP contribution in [0.15, 0.2) is 0 Å². The van der Waals surface area contributed by atoms with Crippen LogP contribution in [0.2, 0.25) is 0 Å². The predicted octanol–water partition coefficient (Wildman–Crippen LogP) is -3.11. The van der Waals surface area contributed by atoms with E-state index in [4.69, 9.17) is 4.74 Å². The lowest BCUT2D eigenvalue weighted by Gasteiger charge is -2.49. The van der Waals surface area contributed by atoms with E-state index in [2.05, 4.69) is 0 Å². The molecule has 4 amide bonds. The third-order valence-corrected chi connectivity index (χ3v) is 4.53. The molecule has 0 aromatic heterocycles. The largest absolute Gasteiger partial charge is 0.394 e. The molecule has 0 aromatic rings. The zero-order valence-electron chi connectivity index (χ0n) is 12.9. The average Bonchev–Trinajstić information content (AvgIpc) is 2.54. The van der Waals surface area contributed by atoms with Gasteiger partial charge in [0.25, 0.3) is 0 Å². The topological polar surface area (TPSA) is 148 Å². The fourth-order valence-electron chi connectivity index (χ4n) is 3.01. The van der Waals surface area contributed by atoms with Crippen LogP contribution in [0, 0.1) is 5.41 Å². The van der Waals surface area contributed by atoms with Crippen molar-refractivity contribution in [2.45, 2.75) is 37.4 Å². The van der Waals surface area contributed by atoms with Crippen molar-refractivity contribution >= 4 is 17.8 Å². The summed E-state index contributed by atoms with van der Waals surface area (Å²) in [6.45, 7) is 0.494. The Hall–Kier alpha value is -1.59. The second-order valence-corrected chi connectivity index (χ2v) is 5.96. The molecule has 10 nitrogen and oxygen atoms in total. The summed E-state index contributed by atoms with van der Waals surface area (Å²) >= 11 is 0. The van der Waals surface area contributed by atoms with Crippen LogP contribution in [-0.2, 0) is 14.3 Å². The number of carbonyl (C=O) groups is 3. The molecule has 0 spiro atoms. The van der Waals surface area contributed by atoms with Gasteiger partial charge < -0.3 is 25.2 Å². The molecule has 0 aliphatic carbocycles. The molecule has 23 heavy (non-hydrogen) atoms. The van der Waals surface area contributed by atoms with Crippen molar-refractivity contribution in [3.05, 3.63) is 0 Å². The van der Waals surface area contributed by atoms with E-state index in [0.29, 0.717) is 9.80 Å². The lowest BCUT2D eigenvalue weighted by atomic mass is 9.74. The molecule has 1 unspecified atom stereocenters. The summed E-state index contributed by atoms with van der Waals surface area (Å²) in [7, 11) is 2.35. The summed E-state index contributed by atoms with van der Waals surface area (Å²) in [5.41, 5.74) is -1.99. The molecule has 0 aromatic carbocycles. The Balaban J connectivity index is 2.46. The summed E-state index contributed by atoms with van der Waals surface area (Å²) in [4.78, 5) is 38.2. The number of carbonyl (C=O) groups excluding carboxylic acids is 3. The number of hydrogen-bond donors (Lipinski definition) is 4. The summed E-state index contributed by atoms with van der Waals surface area (Å²) in [5.74, 6) is -1.81. The predicted molar refractivity (Wildman–Crippen MR) is 72.8 cm³/mol. The van der Waals surface area contributed by atoms with Gasteiger partial charge in [-0.25, -0.2) is 4.79 Å². The highest BCUT2D eigenvalue weighted by Crippen LogP contribution is 2.39. The maximum Gasteiger partial charge on any atom is 0.332 e. The molecule has 10 heteroatoms. The third-order valence-electron chi connectivity index (χ3n) is 4.53. The number of nitrogens with zero attached hydrogens (tertiary/aromatic N) is 2. The zero-order valence-corrected chi connectivity index (χ0v) is 12.9. The lowest BCUT2D eigenvalue weighted by Crippen LogP contribution is -2.72. The van der Waals surface area contributed by atoms with Crippen molar-refractivity contribution < 1.29 is 39.5 Å². The van der Waals surface area contributed by atoms with Crippen molar-refractivity contribution in [2.24, 2.45) is 5.41 Å². The SMILES string of the molecule is CN1C(=O)N(C)C(=O)C(C)(C2O[C@H](CO)[C@@H](O)[C@H](O)[C@H]2O)C1=O. The maximum absolute atomic E-state index is 12.5. The smallest absolute Gasteiger partial charge is 0.332 e. The van der Waals surface area contributed by atoms with Crippen LogP contribution in [-0.4, -0.2) is 99.3 Å². The zero-order chi connectivity index (χ0) is 17.7. The Morgan fingerprint density at radius 3 is 1.91 bits per heavy atom. The molecule has 5 atom stereocenters. The third kappa shape index (κ3) is 2.34. The van der Waals surface area contributed by atoms with E-state index < -0.39 is 60.4 Å². The molecule has 0 saturated carbocycles. The van der Waals surface area contributed by atoms with Crippen LogP contribution >= 0.6 is 0 Å². The molecule has 0 bridgehead atoms. The maximum atomic E-state index is 12.5. The van der Waals surface area contributed by atoms with E-state index in [1.54, 1.807) is 0 Å². The van der Waals surface area contributed by atoms with E-state index in [-0.39, 0.29) is 0 Å². The summed E-state index contributed by atoms with van der Waals surface area (Å²) < 4.78 is 5.33. The highest BCUT2D eigenvalue weighted by atomic mass is 16.5. The highest BCUT2D eigenvalue weighted by Gasteiger charge is 2.62. The first kappa shape index (κ1) is 17.8. The molecular weight excluding hydrogens is 312 g/mol. The number of hydrogen-bond acceptors (Lipinski definition) is 8. The van der Waals surface area contributed by atoms with Crippen LogP contribution in [0.4, 0.5) is 4.79 Å². The minimum absolute atomic E-state index is 0.690. The van der Waals surface area contributed by atoms with Gasteiger partial charge in [-0.15, -0.1) is 0 Å². The van der Waals surface area contributed by atoms with Crippen LogP contribution < -0.4 is 0 Å². The van der Waals surface area contributed by atoms with Crippen molar-refractivity contribution in [3.63, 3.8) is 0 Å². The number of urea groups is 1.